The maximum absolute atomic E-state index is 12.2. The molecule has 1 amide bonds. The van der Waals surface area contributed by atoms with E-state index in [0.29, 0.717) is 17.0 Å². The summed E-state index contributed by atoms with van der Waals surface area (Å²) in [5.74, 6) is 0.869. The highest BCUT2D eigenvalue weighted by atomic mass is 16.5. The maximum Gasteiger partial charge on any atom is 0.262 e. The van der Waals surface area contributed by atoms with E-state index in [1.54, 1.807) is 0 Å². The number of carbonyl (C=O) groups is 1. The zero-order valence-corrected chi connectivity index (χ0v) is 14.1. The molecule has 0 atom stereocenters. The van der Waals surface area contributed by atoms with E-state index in [0.717, 1.165) is 28.1 Å². The maximum atomic E-state index is 12.2. The van der Waals surface area contributed by atoms with Crippen molar-refractivity contribution >= 4 is 22.7 Å². The van der Waals surface area contributed by atoms with E-state index in [4.69, 9.17) is 9.15 Å². The van der Waals surface area contributed by atoms with Crippen LogP contribution >= 0.6 is 0 Å². The molecule has 2 aromatic heterocycles. The average molecular weight is 325 g/mol. The number of anilines is 1. The fourth-order valence-corrected chi connectivity index (χ4v) is 2.45. The molecule has 24 heavy (non-hydrogen) atoms. The van der Waals surface area contributed by atoms with Gasteiger partial charge in [-0.15, -0.1) is 0 Å². The third-order valence-electron chi connectivity index (χ3n) is 3.94. The molecule has 6 heteroatoms. The van der Waals surface area contributed by atoms with Gasteiger partial charge in [0.2, 0.25) is 11.6 Å². The van der Waals surface area contributed by atoms with Gasteiger partial charge in [0.1, 0.15) is 17.5 Å². The number of rotatable bonds is 4. The Hall–Kier alpha value is -2.89. The Bertz CT molecular complexity index is 915. The Balaban J connectivity index is 1.74. The summed E-state index contributed by atoms with van der Waals surface area (Å²) in [5.41, 5.74) is 4.24. The highest BCUT2D eigenvalue weighted by molar-refractivity contribution is 5.93. The van der Waals surface area contributed by atoms with Crippen LogP contribution in [0.5, 0.6) is 5.88 Å². The molecule has 3 aromatic rings. The number of aryl methyl sites for hydroxylation is 4. The van der Waals surface area contributed by atoms with Crippen molar-refractivity contribution in [1.29, 1.82) is 0 Å². The highest BCUT2D eigenvalue weighted by Gasteiger charge is 2.16. The summed E-state index contributed by atoms with van der Waals surface area (Å²) < 4.78 is 11.1. The number of ether oxygens (including phenoxy) is 1. The number of hydrogen-bond acceptors (Lipinski definition) is 5. The number of benzene rings is 1. The fourth-order valence-electron chi connectivity index (χ4n) is 2.45. The molecular formula is C18H19N3O3. The van der Waals surface area contributed by atoms with Gasteiger partial charge in [-0.3, -0.25) is 4.79 Å². The predicted molar refractivity (Wildman–Crippen MR) is 91.3 cm³/mol. The first-order valence-electron chi connectivity index (χ1n) is 7.66. The first-order chi connectivity index (χ1) is 11.5. The molecule has 0 saturated carbocycles. The lowest BCUT2D eigenvalue weighted by Crippen LogP contribution is -2.21. The summed E-state index contributed by atoms with van der Waals surface area (Å²) >= 11 is 0. The van der Waals surface area contributed by atoms with Gasteiger partial charge >= 0.3 is 0 Å². The second kappa shape index (κ2) is 6.31. The number of aromatic nitrogens is 2. The normalized spacial score (nSPS) is 10.8. The van der Waals surface area contributed by atoms with Gasteiger partial charge in [0, 0.05) is 11.3 Å². The minimum atomic E-state index is -0.242. The van der Waals surface area contributed by atoms with Gasteiger partial charge in [0.05, 0.1) is 0 Å². The van der Waals surface area contributed by atoms with Crippen molar-refractivity contribution in [2.24, 2.45) is 0 Å². The van der Waals surface area contributed by atoms with E-state index in [1.807, 2.05) is 45.9 Å². The van der Waals surface area contributed by atoms with Gasteiger partial charge in [0.25, 0.3) is 5.91 Å². The van der Waals surface area contributed by atoms with E-state index in [2.05, 4.69) is 15.3 Å². The van der Waals surface area contributed by atoms with Crippen LogP contribution in [0.25, 0.3) is 11.1 Å². The summed E-state index contributed by atoms with van der Waals surface area (Å²) in [6, 6.07) is 5.90. The number of hydrogen-bond donors (Lipinski definition) is 1. The summed E-state index contributed by atoms with van der Waals surface area (Å²) in [4.78, 5) is 20.4. The largest absolute Gasteiger partial charge is 0.467 e. The third kappa shape index (κ3) is 3.08. The number of nitrogens with zero attached hydrogens (tertiary/aromatic N) is 2. The third-order valence-corrected chi connectivity index (χ3v) is 3.94. The molecule has 124 valence electrons. The topological polar surface area (TPSA) is 77.2 Å². The van der Waals surface area contributed by atoms with Gasteiger partial charge in [-0.25, -0.2) is 9.97 Å². The van der Waals surface area contributed by atoms with E-state index in [1.165, 1.54) is 6.33 Å². The number of nitrogens with one attached hydrogen (secondary N) is 1. The average Bonchev–Trinajstić information content (AvgIpc) is 2.84. The molecule has 0 aliphatic carbocycles. The van der Waals surface area contributed by atoms with Crippen molar-refractivity contribution in [3.8, 4) is 5.88 Å². The lowest BCUT2D eigenvalue weighted by Gasteiger charge is -2.10. The van der Waals surface area contributed by atoms with Crippen LogP contribution in [0.3, 0.4) is 0 Å². The van der Waals surface area contributed by atoms with Crippen LogP contribution in [0.2, 0.25) is 0 Å². The molecule has 3 rings (SSSR count). The zero-order chi connectivity index (χ0) is 17.3. The molecule has 0 fully saturated rings. The van der Waals surface area contributed by atoms with Crippen LogP contribution in [0, 0.1) is 27.7 Å². The van der Waals surface area contributed by atoms with Crippen molar-refractivity contribution in [2.45, 2.75) is 27.7 Å². The lowest BCUT2D eigenvalue weighted by molar-refractivity contribution is -0.118. The second-order valence-electron chi connectivity index (χ2n) is 5.80. The van der Waals surface area contributed by atoms with Crippen LogP contribution in [0.4, 0.5) is 5.69 Å². The van der Waals surface area contributed by atoms with Crippen molar-refractivity contribution in [2.75, 3.05) is 11.9 Å². The smallest absolute Gasteiger partial charge is 0.262 e. The molecule has 6 nitrogen and oxygen atoms in total. The summed E-state index contributed by atoms with van der Waals surface area (Å²) in [7, 11) is 0. The summed E-state index contributed by atoms with van der Waals surface area (Å²) in [6.45, 7) is 7.56. The van der Waals surface area contributed by atoms with Gasteiger partial charge in [-0.1, -0.05) is 12.1 Å². The van der Waals surface area contributed by atoms with Crippen LogP contribution in [-0.4, -0.2) is 22.5 Å². The molecule has 0 radical (unpaired) electrons. The van der Waals surface area contributed by atoms with Crippen LogP contribution in [0.15, 0.2) is 28.9 Å². The van der Waals surface area contributed by atoms with Crippen molar-refractivity contribution in [3.63, 3.8) is 0 Å². The predicted octanol–water partition coefficient (Wildman–Crippen LogP) is 3.47. The summed E-state index contributed by atoms with van der Waals surface area (Å²) in [5, 5.41) is 3.56. The molecule has 0 aliphatic rings. The molecule has 0 spiro atoms. The number of carbonyl (C=O) groups excluding carboxylic acids is 1. The molecule has 1 N–H and O–H groups in total. The molecule has 0 aliphatic heterocycles. The van der Waals surface area contributed by atoms with Crippen molar-refractivity contribution in [1.82, 2.24) is 9.97 Å². The Morgan fingerprint density at radius 2 is 2.00 bits per heavy atom. The fraction of sp³-hybridized carbons (Fsp3) is 0.278. The molecule has 0 saturated heterocycles. The Morgan fingerprint density at radius 1 is 1.21 bits per heavy atom. The van der Waals surface area contributed by atoms with Crippen LogP contribution in [-0.2, 0) is 4.79 Å². The van der Waals surface area contributed by atoms with E-state index in [-0.39, 0.29) is 12.5 Å². The Kier molecular flexibility index (Phi) is 4.20. The van der Waals surface area contributed by atoms with E-state index >= 15 is 0 Å². The molecule has 2 heterocycles. The molecule has 1 aromatic carbocycles. The number of fused-ring (bicyclic) bond motifs is 1. The lowest BCUT2D eigenvalue weighted by atomic mass is 10.1. The van der Waals surface area contributed by atoms with E-state index < -0.39 is 0 Å². The zero-order valence-electron chi connectivity index (χ0n) is 14.1. The van der Waals surface area contributed by atoms with Crippen molar-refractivity contribution < 1.29 is 13.9 Å². The van der Waals surface area contributed by atoms with Crippen LogP contribution in [0.1, 0.15) is 22.5 Å². The Morgan fingerprint density at radius 3 is 2.79 bits per heavy atom. The SMILES string of the molecule is Cc1ccc(C)c(NC(=O)COc2ncnc3oc(C)c(C)c23)c1. The number of amides is 1. The van der Waals surface area contributed by atoms with E-state index in [9.17, 15) is 4.79 Å². The minimum absolute atomic E-state index is 0.136. The van der Waals surface area contributed by atoms with Gasteiger partial charge in [-0.05, 0) is 44.9 Å². The standard InChI is InChI=1S/C18H19N3O3/c1-10-5-6-11(2)14(7-10)21-15(22)8-23-17-16-12(3)13(4)24-18(16)20-9-19-17/h5-7,9H,8H2,1-4H3,(H,21,22). The first kappa shape index (κ1) is 16.0. The first-order valence-corrected chi connectivity index (χ1v) is 7.66. The van der Waals surface area contributed by atoms with Gasteiger partial charge in [-0.2, -0.15) is 0 Å². The van der Waals surface area contributed by atoms with Crippen molar-refractivity contribution in [3.05, 3.63) is 47.0 Å². The monoisotopic (exact) mass is 325 g/mol. The van der Waals surface area contributed by atoms with Crippen LogP contribution < -0.4 is 10.1 Å². The molecule has 0 bridgehead atoms. The molecular weight excluding hydrogens is 306 g/mol. The Labute approximate surface area is 139 Å². The number of furan rings is 1. The van der Waals surface area contributed by atoms with Gasteiger partial charge < -0.3 is 14.5 Å². The highest BCUT2D eigenvalue weighted by Crippen LogP contribution is 2.29. The quantitative estimate of drug-likeness (QED) is 0.794. The minimum Gasteiger partial charge on any atom is -0.467 e. The molecule has 0 unspecified atom stereocenters. The summed E-state index contributed by atoms with van der Waals surface area (Å²) in [6.07, 6.45) is 1.36. The van der Waals surface area contributed by atoms with Gasteiger partial charge in [0.15, 0.2) is 6.61 Å². The second-order valence-corrected chi connectivity index (χ2v) is 5.80.